The lowest BCUT2D eigenvalue weighted by molar-refractivity contribution is -0.122. The highest BCUT2D eigenvalue weighted by Crippen LogP contribution is 2.22. The minimum Gasteiger partial charge on any atom is -0.363 e. The van der Waals surface area contributed by atoms with E-state index in [-0.39, 0.29) is 5.91 Å². The first-order valence-electron chi connectivity index (χ1n) is 7.61. The summed E-state index contributed by atoms with van der Waals surface area (Å²) in [6.45, 7) is 0.454. The number of carbonyl (C=O) groups excluding carboxylic acids is 1. The van der Waals surface area contributed by atoms with Crippen LogP contribution in [-0.2, 0) is 11.3 Å². The molecule has 0 radical (unpaired) electrons. The number of aromatic nitrogens is 1. The van der Waals surface area contributed by atoms with Gasteiger partial charge in [-0.05, 0) is 36.1 Å². The molecular weight excluding hydrogens is 308 g/mol. The Morgan fingerprint density at radius 3 is 2.83 bits per heavy atom. The minimum atomic E-state index is -0.455. The van der Waals surface area contributed by atoms with Gasteiger partial charge in [0.2, 0.25) is 5.91 Å². The first kappa shape index (κ1) is 17.6. The first-order chi connectivity index (χ1) is 11.0. The molecule has 0 unspecified atom stereocenters. The molecule has 0 aliphatic rings. The molecule has 0 saturated carbocycles. The second-order valence-electron chi connectivity index (χ2n) is 5.66. The van der Waals surface area contributed by atoms with E-state index in [1.54, 1.807) is 11.8 Å². The monoisotopic (exact) mass is 332 g/mol. The number of anilines is 1. The Bertz CT molecular complexity index is 675. The molecule has 2 rings (SSSR count). The van der Waals surface area contributed by atoms with Crippen LogP contribution in [0.25, 0.3) is 10.9 Å². The highest BCUT2D eigenvalue weighted by atomic mass is 32.2. The second kappa shape index (κ2) is 8.17. The molecule has 0 saturated heterocycles. The molecule has 1 atom stereocenters. The Morgan fingerprint density at radius 2 is 2.13 bits per heavy atom. The van der Waals surface area contributed by atoms with Crippen LogP contribution in [0, 0.1) is 0 Å². The van der Waals surface area contributed by atoms with Crippen LogP contribution in [0.5, 0.6) is 0 Å². The zero-order valence-electron chi connectivity index (χ0n) is 13.9. The second-order valence-corrected chi connectivity index (χ2v) is 6.64. The molecule has 5 nitrogen and oxygen atoms in total. The van der Waals surface area contributed by atoms with E-state index in [1.807, 2.05) is 55.6 Å². The maximum absolute atomic E-state index is 12.1. The first-order valence-corrected chi connectivity index (χ1v) is 9.00. The number of nitrogens with one attached hydrogen (secondary N) is 1. The zero-order valence-corrected chi connectivity index (χ0v) is 14.7. The summed E-state index contributed by atoms with van der Waals surface area (Å²) in [5, 5.41) is 4.00. The van der Waals surface area contributed by atoms with Crippen molar-refractivity contribution in [3.05, 3.63) is 35.9 Å². The summed E-state index contributed by atoms with van der Waals surface area (Å²) < 4.78 is 0. The number of nitrogens with two attached hydrogens (primary N) is 1. The fraction of sp³-hybridized carbons (Fsp3) is 0.412. The van der Waals surface area contributed by atoms with Crippen molar-refractivity contribution in [2.45, 2.75) is 19.0 Å². The molecule has 1 aromatic heterocycles. The smallest absolute Gasteiger partial charge is 0.237 e. The van der Waals surface area contributed by atoms with Gasteiger partial charge < -0.3 is 16.0 Å². The van der Waals surface area contributed by atoms with Gasteiger partial charge in [-0.2, -0.15) is 11.8 Å². The molecule has 1 amide bonds. The highest BCUT2D eigenvalue weighted by Gasteiger charge is 2.14. The van der Waals surface area contributed by atoms with Crippen molar-refractivity contribution in [1.29, 1.82) is 0 Å². The Balaban J connectivity index is 2.17. The Hall–Kier alpha value is -1.79. The largest absolute Gasteiger partial charge is 0.363 e. The molecule has 124 valence electrons. The Morgan fingerprint density at radius 1 is 1.39 bits per heavy atom. The number of hydrogen-bond donors (Lipinski definition) is 2. The number of thioether (sulfide) groups is 1. The van der Waals surface area contributed by atoms with Crippen molar-refractivity contribution in [3.63, 3.8) is 0 Å². The lowest BCUT2D eigenvalue weighted by Crippen LogP contribution is -2.40. The molecule has 6 heteroatoms. The number of rotatable bonds is 7. The van der Waals surface area contributed by atoms with Gasteiger partial charge >= 0.3 is 0 Å². The van der Waals surface area contributed by atoms with Crippen molar-refractivity contribution in [2.24, 2.45) is 5.73 Å². The van der Waals surface area contributed by atoms with Gasteiger partial charge in [0.25, 0.3) is 0 Å². The molecule has 0 spiro atoms. The molecule has 2 aromatic rings. The van der Waals surface area contributed by atoms with Crippen molar-refractivity contribution in [1.82, 2.24) is 10.3 Å². The van der Waals surface area contributed by atoms with Gasteiger partial charge in [-0.3, -0.25) is 4.79 Å². The van der Waals surface area contributed by atoms with Gasteiger partial charge in [-0.1, -0.05) is 18.2 Å². The molecule has 1 aromatic carbocycles. The van der Waals surface area contributed by atoms with Crippen molar-refractivity contribution in [3.8, 4) is 0 Å². The molecule has 0 bridgehead atoms. The summed E-state index contributed by atoms with van der Waals surface area (Å²) in [6.07, 6.45) is 2.70. The van der Waals surface area contributed by atoms with Gasteiger partial charge in [-0.15, -0.1) is 0 Å². The van der Waals surface area contributed by atoms with Gasteiger partial charge in [0.15, 0.2) is 0 Å². The molecular formula is C17H24N4OS. The molecule has 1 heterocycles. The minimum absolute atomic E-state index is 0.105. The fourth-order valence-electron chi connectivity index (χ4n) is 2.30. The van der Waals surface area contributed by atoms with Crippen LogP contribution in [0.2, 0.25) is 0 Å². The molecule has 0 fully saturated rings. The number of carbonyl (C=O) groups is 1. The van der Waals surface area contributed by atoms with Crippen LogP contribution in [-0.4, -0.2) is 43.0 Å². The quantitative estimate of drug-likeness (QED) is 0.811. The third-order valence-electron chi connectivity index (χ3n) is 3.67. The van der Waals surface area contributed by atoms with Crippen molar-refractivity contribution >= 4 is 34.4 Å². The number of nitrogens with zero attached hydrogens (tertiary/aromatic N) is 2. The van der Waals surface area contributed by atoms with E-state index >= 15 is 0 Å². The van der Waals surface area contributed by atoms with Crippen LogP contribution in [0.15, 0.2) is 30.3 Å². The van der Waals surface area contributed by atoms with Crippen LogP contribution in [0.3, 0.4) is 0 Å². The van der Waals surface area contributed by atoms with E-state index < -0.39 is 6.04 Å². The third kappa shape index (κ3) is 4.59. The number of fused-ring (bicyclic) bond motifs is 1. The predicted octanol–water partition coefficient (Wildman–Crippen LogP) is 2.00. The van der Waals surface area contributed by atoms with Crippen LogP contribution in [0.4, 0.5) is 5.82 Å². The number of amides is 1. The Kier molecular flexibility index (Phi) is 6.24. The molecule has 23 heavy (non-hydrogen) atoms. The molecule has 0 aliphatic carbocycles. The third-order valence-corrected chi connectivity index (χ3v) is 4.31. The molecule has 0 aliphatic heterocycles. The summed E-state index contributed by atoms with van der Waals surface area (Å²) in [5.74, 6) is 1.66. The summed E-state index contributed by atoms with van der Waals surface area (Å²) in [4.78, 5) is 18.7. The van der Waals surface area contributed by atoms with Crippen molar-refractivity contribution in [2.75, 3.05) is 31.0 Å². The normalized spacial score (nSPS) is 12.2. The van der Waals surface area contributed by atoms with E-state index in [4.69, 9.17) is 5.73 Å². The zero-order chi connectivity index (χ0) is 16.8. The van der Waals surface area contributed by atoms with Gasteiger partial charge in [0.05, 0.1) is 11.6 Å². The van der Waals surface area contributed by atoms with Gasteiger partial charge in [0, 0.05) is 26.0 Å². The van der Waals surface area contributed by atoms with E-state index in [0.29, 0.717) is 13.0 Å². The SMILES string of the molecule is CSCC[C@H](N)C(=O)NCc1cc(N(C)C)nc2ccccc12. The topological polar surface area (TPSA) is 71.2 Å². The van der Waals surface area contributed by atoms with Crippen LogP contribution in [0.1, 0.15) is 12.0 Å². The van der Waals surface area contributed by atoms with Gasteiger partial charge in [0.1, 0.15) is 5.82 Å². The van der Waals surface area contributed by atoms with E-state index in [9.17, 15) is 4.79 Å². The van der Waals surface area contributed by atoms with Crippen LogP contribution < -0.4 is 16.0 Å². The number of pyridine rings is 1. The number of benzene rings is 1. The average molecular weight is 332 g/mol. The van der Waals surface area contributed by atoms with E-state index in [0.717, 1.165) is 28.0 Å². The van der Waals surface area contributed by atoms with Gasteiger partial charge in [-0.25, -0.2) is 4.98 Å². The number of hydrogen-bond acceptors (Lipinski definition) is 5. The number of para-hydroxylation sites is 1. The van der Waals surface area contributed by atoms with Crippen molar-refractivity contribution < 1.29 is 4.79 Å². The molecule has 3 N–H and O–H groups in total. The van der Waals surface area contributed by atoms with E-state index in [1.165, 1.54) is 0 Å². The summed E-state index contributed by atoms with van der Waals surface area (Å²) >= 11 is 1.70. The average Bonchev–Trinajstić information content (AvgIpc) is 2.56. The lowest BCUT2D eigenvalue weighted by atomic mass is 10.1. The maximum Gasteiger partial charge on any atom is 0.237 e. The Labute approximate surface area is 141 Å². The standard InChI is InChI=1S/C17H24N4OS/c1-21(2)16-10-12(13-6-4-5-7-15(13)20-16)11-19-17(22)14(18)8-9-23-3/h4-7,10,14H,8-9,11,18H2,1-3H3,(H,19,22)/t14-/m0/s1. The summed E-state index contributed by atoms with van der Waals surface area (Å²) in [6, 6.07) is 9.51. The fourth-order valence-corrected chi connectivity index (χ4v) is 2.79. The highest BCUT2D eigenvalue weighted by molar-refractivity contribution is 7.98. The predicted molar refractivity (Wildman–Crippen MR) is 98.9 cm³/mol. The maximum atomic E-state index is 12.1. The summed E-state index contributed by atoms with van der Waals surface area (Å²) in [7, 11) is 3.91. The summed E-state index contributed by atoms with van der Waals surface area (Å²) in [5.41, 5.74) is 7.88. The van der Waals surface area contributed by atoms with E-state index in [2.05, 4.69) is 10.3 Å². The van der Waals surface area contributed by atoms with Crippen LogP contribution >= 0.6 is 11.8 Å². The lowest BCUT2D eigenvalue weighted by Gasteiger charge is -2.16.